The third-order valence-electron chi connectivity index (χ3n) is 6.18. The quantitative estimate of drug-likeness (QED) is 0.714. The van der Waals surface area contributed by atoms with Crippen LogP contribution >= 0.6 is 0 Å². The number of ketones is 1. The number of hydrogen-bond acceptors (Lipinski definition) is 5. The molecule has 2 aliphatic heterocycles. The van der Waals surface area contributed by atoms with Crippen LogP contribution in [-0.4, -0.2) is 62.2 Å². The zero-order valence-corrected chi connectivity index (χ0v) is 18.1. The smallest absolute Gasteiger partial charge is 0.232 e. The van der Waals surface area contributed by atoms with E-state index in [1.54, 1.807) is 12.1 Å². The van der Waals surface area contributed by atoms with E-state index in [1.807, 2.05) is 36.4 Å². The lowest BCUT2D eigenvalue weighted by Crippen LogP contribution is -2.47. The molecule has 4 rings (SSSR count). The van der Waals surface area contributed by atoms with Gasteiger partial charge in [0.2, 0.25) is 10.0 Å². The molecule has 1 saturated heterocycles. The number of rotatable bonds is 6. The summed E-state index contributed by atoms with van der Waals surface area (Å²) in [6.45, 7) is 2.11. The monoisotopic (exact) mass is 428 g/mol. The zero-order valence-electron chi connectivity index (χ0n) is 17.3. The molecule has 0 spiro atoms. The highest BCUT2D eigenvalue weighted by molar-refractivity contribution is 7.92. The Labute approximate surface area is 178 Å². The summed E-state index contributed by atoms with van der Waals surface area (Å²) in [7, 11) is -3.29. The van der Waals surface area contributed by atoms with Gasteiger partial charge < -0.3 is 5.11 Å². The van der Waals surface area contributed by atoms with E-state index in [4.69, 9.17) is 0 Å². The summed E-state index contributed by atoms with van der Waals surface area (Å²) in [5.74, 6) is 0.0316. The predicted octanol–water partition coefficient (Wildman–Crippen LogP) is 2.26. The summed E-state index contributed by atoms with van der Waals surface area (Å²) in [5, 5.41) is 10.9. The molecule has 1 fully saturated rings. The highest BCUT2D eigenvalue weighted by Gasteiger charge is 2.33. The van der Waals surface area contributed by atoms with Gasteiger partial charge in [-0.2, -0.15) is 0 Å². The summed E-state index contributed by atoms with van der Waals surface area (Å²) < 4.78 is 25.2. The Bertz CT molecular complexity index is 1030. The Morgan fingerprint density at radius 1 is 1.07 bits per heavy atom. The van der Waals surface area contributed by atoms with Crippen molar-refractivity contribution in [3.63, 3.8) is 0 Å². The number of sulfonamides is 1. The molecule has 0 atom stereocenters. The summed E-state index contributed by atoms with van der Waals surface area (Å²) >= 11 is 0. The minimum atomic E-state index is -3.29. The molecule has 2 aliphatic rings. The maximum atomic E-state index is 12.8. The molecule has 6 nitrogen and oxygen atoms in total. The van der Waals surface area contributed by atoms with Crippen LogP contribution in [0.2, 0.25) is 0 Å². The summed E-state index contributed by atoms with van der Waals surface area (Å²) in [4.78, 5) is 14.9. The Kier molecular flexibility index (Phi) is 5.70. The topological polar surface area (TPSA) is 77.9 Å². The van der Waals surface area contributed by atoms with Crippen LogP contribution < -0.4 is 4.31 Å². The van der Waals surface area contributed by atoms with E-state index < -0.39 is 15.6 Å². The Morgan fingerprint density at radius 3 is 2.43 bits per heavy atom. The molecule has 2 heterocycles. The lowest BCUT2D eigenvalue weighted by Gasteiger charge is -2.38. The average Bonchev–Trinajstić information content (AvgIpc) is 3.14. The largest absolute Gasteiger partial charge is 0.389 e. The highest BCUT2D eigenvalue weighted by atomic mass is 32.2. The van der Waals surface area contributed by atoms with Crippen molar-refractivity contribution < 1.29 is 18.3 Å². The third kappa shape index (κ3) is 4.58. The molecule has 0 radical (unpaired) electrons. The van der Waals surface area contributed by atoms with Crippen molar-refractivity contribution in [1.82, 2.24) is 4.90 Å². The molecule has 0 unspecified atom stereocenters. The summed E-state index contributed by atoms with van der Waals surface area (Å²) in [5.41, 5.74) is 2.61. The van der Waals surface area contributed by atoms with Gasteiger partial charge in [-0.3, -0.25) is 14.0 Å². The molecule has 0 aromatic heterocycles. The fourth-order valence-corrected chi connectivity index (χ4v) is 5.42. The number of Topliss-reactive ketones (excluding diaryl/α,β-unsaturated/α-hetero) is 1. The molecule has 30 heavy (non-hydrogen) atoms. The minimum absolute atomic E-state index is 0.0316. The number of aliphatic hydroxyl groups is 1. The van der Waals surface area contributed by atoms with Crippen molar-refractivity contribution in [3.8, 4) is 0 Å². The molecular weight excluding hydrogens is 400 g/mol. The van der Waals surface area contributed by atoms with E-state index in [0.717, 1.165) is 11.1 Å². The van der Waals surface area contributed by atoms with E-state index in [2.05, 4.69) is 4.90 Å². The van der Waals surface area contributed by atoms with Crippen LogP contribution in [0, 0.1) is 0 Å². The second-order valence-electron chi connectivity index (χ2n) is 8.51. The van der Waals surface area contributed by atoms with Gasteiger partial charge in [0.15, 0.2) is 5.78 Å². The predicted molar refractivity (Wildman–Crippen MR) is 117 cm³/mol. The molecule has 0 bridgehead atoms. The maximum Gasteiger partial charge on any atom is 0.232 e. The van der Waals surface area contributed by atoms with E-state index in [-0.39, 0.29) is 5.78 Å². The van der Waals surface area contributed by atoms with Crippen molar-refractivity contribution in [2.24, 2.45) is 0 Å². The van der Waals surface area contributed by atoms with Crippen molar-refractivity contribution in [1.29, 1.82) is 0 Å². The highest BCUT2D eigenvalue weighted by Crippen LogP contribution is 2.31. The van der Waals surface area contributed by atoms with Crippen molar-refractivity contribution >= 4 is 21.5 Å². The number of likely N-dealkylation sites (tertiary alicyclic amines) is 1. The maximum absolute atomic E-state index is 12.8. The van der Waals surface area contributed by atoms with E-state index in [1.165, 1.54) is 10.6 Å². The Morgan fingerprint density at radius 2 is 1.77 bits per heavy atom. The van der Waals surface area contributed by atoms with Gasteiger partial charge in [0.05, 0.1) is 24.1 Å². The fourth-order valence-electron chi connectivity index (χ4n) is 4.46. The molecule has 2 aromatic rings. The Hall–Kier alpha value is -2.22. The molecule has 0 aliphatic carbocycles. The molecule has 1 N–H and O–H groups in total. The number of benzene rings is 2. The van der Waals surface area contributed by atoms with Crippen LogP contribution in [0.4, 0.5) is 5.69 Å². The lowest BCUT2D eigenvalue weighted by atomic mass is 9.85. The molecule has 7 heteroatoms. The molecule has 2 aromatic carbocycles. The summed E-state index contributed by atoms with van der Waals surface area (Å²) in [6, 6.07) is 15.3. The van der Waals surface area contributed by atoms with E-state index in [9.17, 15) is 18.3 Å². The van der Waals surface area contributed by atoms with Gasteiger partial charge in [0.1, 0.15) is 0 Å². The van der Waals surface area contributed by atoms with Crippen LogP contribution in [0.25, 0.3) is 0 Å². The van der Waals surface area contributed by atoms with Gasteiger partial charge in [-0.15, -0.1) is 0 Å². The van der Waals surface area contributed by atoms with Crippen LogP contribution in [0.15, 0.2) is 48.5 Å². The van der Waals surface area contributed by atoms with Gasteiger partial charge in [0.25, 0.3) is 0 Å². The standard InChI is InChI=1S/C23H28N2O4S/c1-30(28,29)25-12-9-19-15-20(7-8-21(19)25)22(26)17-24-13-10-23(27,11-14-24)16-18-5-3-2-4-6-18/h2-8,15,27H,9-14,16-17H2,1H3. The average molecular weight is 429 g/mol. The van der Waals surface area contributed by atoms with Gasteiger partial charge in [-0.25, -0.2) is 8.42 Å². The lowest BCUT2D eigenvalue weighted by molar-refractivity contribution is -0.0193. The van der Waals surface area contributed by atoms with Crippen LogP contribution in [-0.2, 0) is 22.9 Å². The van der Waals surface area contributed by atoms with Crippen LogP contribution in [0.1, 0.15) is 34.3 Å². The minimum Gasteiger partial charge on any atom is -0.389 e. The first-order chi connectivity index (χ1) is 14.2. The van der Waals surface area contributed by atoms with Gasteiger partial charge in [-0.05, 0) is 48.6 Å². The molecule has 160 valence electrons. The number of anilines is 1. The first-order valence-electron chi connectivity index (χ1n) is 10.4. The van der Waals surface area contributed by atoms with Gasteiger partial charge >= 0.3 is 0 Å². The second-order valence-corrected chi connectivity index (χ2v) is 10.4. The number of carbonyl (C=O) groups is 1. The second kappa shape index (κ2) is 8.13. The fraction of sp³-hybridized carbons (Fsp3) is 0.435. The van der Waals surface area contributed by atoms with Crippen LogP contribution in [0.3, 0.4) is 0 Å². The van der Waals surface area contributed by atoms with Crippen molar-refractivity contribution in [2.45, 2.75) is 31.3 Å². The SMILES string of the molecule is CS(=O)(=O)N1CCc2cc(C(=O)CN3CCC(O)(Cc4ccccc4)CC3)ccc21. The number of hydrogen-bond donors (Lipinski definition) is 1. The molecular formula is C23H28N2O4S. The van der Waals surface area contributed by atoms with E-state index >= 15 is 0 Å². The first-order valence-corrected chi connectivity index (χ1v) is 12.2. The first kappa shape index (κ1) is 21.0. The number of piperidine rings is 1. The Balaban J connectivity index is 1.35. The molecule has 0 saturated carbocycles. The van der Waals surface area contributed by atoms with Crippen LogP contribution in [0.5, 0.6) is 0 Å². The van der Waals surface area contributed by atoms with Gasteiger partial charge in [-0.1, -0.05) is 30.3 Å². The molecule has 0 amide bonds. The normalized spacial score (nSPS) is 18.9. The summed E-state index contributed by atoms with van der Waals surface area (Å²) in [6.07, 6.45) is 3.75. The number of fused-ring (bicyclic) bond motifs is 1. The number of carbonyl (C=O) groups excluding carboxylic acids is 1. The van der Waals surface area contributed by atoms with Crippen molar-refractivity contribution in [3.05, 3.63) is 65.2 Å². The third-order valence-corrected chi connectivity index (χ3v) is 7.36. The number of nitrogens with zero attached hydrogens (tertiary/aromatic N) is 2. The van der Waals surface area contributed by atoms with E-state index in [0.29, 0.717) is 63.1 Å². The van der Waals surface area contributed by atoms with Crippen molar-refractivity contribution in [2.75, 3.05) is 36.7 Å². The van der Waals surface area contributed by atoms with Gasteiger partial charge in [0, 0.05) is 31.6 Å². The zero-order chi connectivity index (χ0) is 21.4.